The van der Waals surface area contributed by atoms with Gasteiger partial charge in [-0.15, -0.1) is 0 Å². The Morgan fingerprint density at radius 2 is 1.62 bits per heavy atom. The average molecular weight is 323 g/mol. The van der Waals surface area contributed by atoms with Crippen molar-refractivity contribution >= 4 is 18.0 Å². The first-order valence-electron chi connectivity index (χ1n) is 7.57. The SMILES string of the molecule is NC1=NC(=O)[C@@H](Cc2ccccc2)N1C(=O)OCc1ccccc1. The van der Waals surface area contributed by atoms with Crippen molar-refractivity contribution in [2.75, 3.05) is 0 Å². The van der Waals surface area contributed by atoms with Crippen LogP contribution in [0.2, 0.25) is 0 Å². The lowest BCUT2D eigenvalue weighted by atomic mass is 10.1. The summed E-state index contributed by atoms with van der Waals surface area (Å²) in [6, 6.07) is 17.9. The van der Waals surface area contributed by atoms with Crippen LogP contribution in [0.4, 0.5) is 4.79 Å². The van der Waals surface area contributed by atoms with Crippen molar-refractivity contribution in [1.29, 1.82) is 0 Å². The molecular formula is C18H17N3O3. The second-order valence-electron chi connectivity index (χ2n) is 5.42. The van der Waals surface area contributed by atoms with Crippen LogP contribution in [0.1, 0.15) is 11.1 Å². The molecule has 0 saturated heterocycles. The number of carbonyl (C=O) groups is 2. The Morgan fingerprint density at radius 3 is 2.25 bits per heavy atom. The van der Waals surface area contributed by atoms with E-state index in [4.69, 9.17) is 10.5 Å². The van der Waals surface area contributed by atoms with Gasteiger partial charge in [-0.2, -0.15) is 4.99 Å². The van der Waals surface area contributed by atoms with Gasteiger partial charge in [0.25, 0.3) is 5.91 Å². The van der Waals surface area contributed by atoms with E-state index in [1.54, 1.807) is 0 Å². The molecule has 0 spiro atoms. The summed E-state index contributed by atoms with van der Waals surface area (Å²) in [6.07, 6.45) is -0.337. The van der Waals surface area contributed by atoms with E-state index in [1.165, 1.54) is 0 Å². The topological polar surface area (TPSA) is 85.0 Å². The van der Waals surface area contributed by atoms with Crippen LogP contribution in [-0.2, 0) is 22.6 Å². The Bertz CT molecular complexity index is 760. The molecule has 6 heteroatoms. The van der Waals surface area contributed by atoms with Crippen molar-refractivity contribution in [1.82, 2.24) is 4.90 Å². The molecule has 1 aliphatic heterocycles. The summed E-state index contributed by atoms with van der Waals surface area (Å²) in [5, 5.41) is 0. The molecule has 0 fully saturated rings. The zero-order valence-electron chi connectivity index (χ0n) is 13.0. The Kier molecular flexibility index (Phi) is 4.56. The number of benzene rings is 2. The fourth-order valence-corrected chi connectivity index (χ4v) is 2.54. The maximum Gasteiger partial charge on any atom is 0.417 e. The molecule has 1 aliphatic rings. The molecule has 3 rings (SSSR count). The van der Waals surface area contributed by atoms with Crippen LogP contribution in [-0.4, -0.2) is 28.9 Å². The lowest BCUT2D eigenvalue weighted by molar-refractivity contribution is -0.120. The molecule has 2 aromatic carbocycles. The normalized spacial score (nSPS) is 16.8. The highest BCUT2D eigenvalue weighted by molar-refractivity contribution is 6.09. The van der Waals surface area contributed by atoms with Crippen molar-refractivity contribution in [3.05, 3.63) is 71.8 Å². The monoisotopic (exact) mass is 323 g/mol. The van der Waals surface area contributed by atoms with Crippen molar-refractivity contribution in [3.8, 4) is 0 Å². The van der Waals surface area contributed by atoms with Crippen molar-refractivity contribution < 1.29 is 14.3 Å². The lowest BCUT2D eigenvalue weighted by Gasteiger charge is -2.22. The minimum Gasteiger partial charge on any atom is -0.444 e. The molecular weight excluding hydrogens is 306 g/mol. The van der Waals surface area contributed by atoms with Gasteiger partial charge in [-0.3, -0.25) is 4.79 Å². The summed E-state index contributed by atoms with van der Waals surface area (Å²) in [6.45, 7) is 0.107. The van der Waals surface area contributed by atoms with Gasteiger partial charge < -0.3 is 10.5 Å². The van der Waals surface area contributed by atoms with E-state index in [1.807, 2.05) is 60.7 Å². The molecule has 0 radical (unpaired) electrons. The van der Waals surface area contributed by atoms with Gasteiger partial charge in [-0.25, -0.2) is 9.69 Å². The quantitative estimate of drug-likeness (QED) is 0.933. The Morgan fingerprint density at radius 1 is 1.04 bits per heavy atom. The molecule has 2 aromatic rings. The van der Waals surface area contributed by atoms with Gasteiger partial charge in [0.05, 0.1) is 0 Å². The molecule has 2 N–H and O–H groups in total. The van der Waals surface area contributed by atoms with Crippen LogP contribution < -0.4 is 5.73 Å². The van der Waals surface area contributed by atoms with E-state index in [0.29, 0.717) is 6.42 Å². The Labute approximate surface area is 139 Å². The number of amides is 2. The van der Waals surface area contributed by atoms with Gasteiger partial charge in [0.1, 0.15) is 12.6 Å². The van der Waals surface area contributed by atoms with Crippen LogP contribution in [0, 0.1) is 0 Å². The highest BCUT2D eigenvalue weighted by atomic mass is 16.6. The number of hydrogen-bond acceptors (Lipinski definition) is 4. The van der Waals surface area contributed by atoms with Crippen molar-refractivity contribution in [3.63, 3.8) is 0 Å². The molecule has 24 heavy (non-hydrogen) atoms. The maximum absolute atomic E-state index is 12.4. The molecule has 122 valence electrons. The third-order valence-electron chi connectivity index (χ3n) is 3.74. The van der Waals surface area contributed by atoms with E-state index in [-0.39, 0.29) is 12.6 Å². The Balaban J connectivity index is 1.70. The van der Waals surface area contributed by atoms with E-state index < -0.39 is 18.0 Å². The van der Waals surface area contributed by atoms with Gasteiger partial charge in [-0.05, 0) is 11.1 Å². The van der Waals surface area contributed by atoms with E-state index in [9.17, 15) is 9.59 Å². The van der Waals surface area contributed by atoms with E-state index in [2.05, 4.69) is 4.99 Å². The van der Waals surface area contributed by atoms with Gasteiger partial charge in [0.15, 0.2) is 0 Å². The fraction of sp³-hybridized carbons (Fsp3) is 0.167. The third-order valence-corrected chi connectivity index (χ3v) is 3.74. The summed E-state index contributed by atoms with van der Waals surface area (Å²) in [7, 11) is 0. The molecule has 1 atom stereocenters. The fourth-order valence-electron chi connectivity index (χ4n) is 2.54. The molecule has 0 bridgehead atoms. The molecule has 6 nitrogen and oxygen atoms in total. The number of aliphatic imine (C=N–C) groups is 1. The molecule has 0 unspecified atom stereocenters. The molecule has 2 amide bonds. The molecule has 0 saturated carbocycles. The van der Waals surface area contributed by atoms with Crippen LogP contribution in [0.15, 0.2) is 65.7 Å². The van der Waals surface area contributed by atoms with Gasteiger partial charge in [-0.1, -0.05) is 60.7 Å². The molecule has 0 aliphatic carbocycles. The Hall–Kier alpha value is -3.15. The van der Waals surface area contributed by atoms with Gasteiger partial charge in [0, 0.05) is 6.42 Å². The van der Waals surface area contributed by atoms with Gasteiger partial charge >= 0.3 is 6.09 Å². The minimum absolute atomic E-state index is 0.107. The number of ether oxygens (including phenoxy) is 1. The van der Waals surface area contributed by atoms with Gasteiger partial charge in [0.2, 0.25) is 5.96 Å². The van der Waals surface area contributed by atoms with E-state index >= 15 is 0 Å². The first-order chi connectivity index (χ1) is 11.6. The van der Waals surface area contributed by atoms with Crippen LogP contribution in [0.5, 0.6) is 0 Å². The largest absolute Gasteiger partial charge is 0.444 e. The predicted octanol–water partition coefficient (Wildman–Crippen LogP) is 2.09. The summed E-state index contributed by atoms with van der Waals surface area (Å²) < 4.78 is 5.27. The summed E-state index contributed by atoms with van der Waals surface area (Å²) in [5.74, 6) is -0.563. The first kappa shape index (κ1) is 15.7. The van der Waals surface area contributed by atoms with Crippen LogP contribution >= 0.6 is 0 Å². The standard InChI is InChI=1S/C18H17N3O3/c19-17-20-16(22)15(11-13-7-3-1-4-8-13)21(17)18(23)24-12-14-9-5-2-6-10-14/h1-10,15H,11-12H2,(H2,19,20,22)/t15-/m1/s1. The van der Waals surface area contributed by atoms with Crippen LogP contribution in [0.3, 0.4) is 0 Å². The average Bonchev–Trinajstić information content (AvgIpc) is 2.88. The molecule has 1 heterocycles. The summed E-state index contributed by atoms with van der Waals surface area (Å²) >= 11 is 0. The molecule has 0 aromatic heterocycles. The number of hydrogen-bond donors (Lipinski definition) is 1. The smallest absolute Gasteiger partial charge is 0.417 e. The third kappa shape index (κ3) is 3.43. The number of guanidine groups is 1. The zero-order chi connectivity index (χ0) is 16.9. The van der Waals surface area contributed by atoms with Crippen molar-refractivity contribution in [2.24, 2.45) is 10.7 Å². The second-order valence-corrected chi connectivity index (χ2v) is 5.42. The summed E-state index contributed by atoms with van der Waals surface area (Å²) in [4.78, 5) is 29.3. The van der Waals surface area contributed by atoms with Crippen LogP contribution in [0.25, 0.3) is 0 Å². The highest BCUT2D eigenvalue weighted by Crippen LogP contribution is 2.17. The number of carbonyl (C=O) groups excluding carboxylic acids is 2. The first-order valence-corrected chi connectivity index (χ1v) is 7.57. The van der Waals surface area contributed by atoms with Crippen molar-refractivity contribution in [2.45, 2.75) is 19.1 Å². The number of nitrogens with two attached hydrogens (primary N) is 1. The number of nitrogens with zero attached hydrogens (tertiary/aromatic N) is 2. The maximum atomic E-state index is 12.4. The van der Waals surface area contributed by atoms with E-state index in [0.717, 1.165) is 16.0 Å². The number of rotatable bonds is 4. The second kappa shape index (κ2) is 6.95. The highest BCUT2D eigenvalue weighted by Gasteiger charge is 2.39. The summed E-state index contributed by atoms with van der Waals surface area (Å²) in [5.41, 5.74) is 7.51. The zero-order valence-corrected chi connectivity index (χ0v) is 13.0. The lowest BCUT2D eigenvalue weighted by Crippen LogP contribution is -2.47. The predicted molar refractivity (Wildman–Crippen MR) is 89.0 cm³/mol. The minimum atomic E-state index is -0.768.